The summed E-state index contributed by atoms with van der Waals surface area (Å²) in [4.78, 5) is 12.8. The fraction of sp³-hybridized carbons (Fsp3) is 0.0968. The third kappa shape index (κ3) is 7.55. The van der Waals surface area contributed by atoms with Gasteiger partial charge in [0.15, 0.2) is 11.5 Å². The van der Waals surface area contributed by atoms with E-state index in [1.54, 1.807) is 49.6 Å². The number of hydrogen-bond donors (Lipinski definition) is 1. The third-order valence-corrected chi connectivity index (χ3v) is 6.18. The number of para-hydroxylation sites is 1. The van der Waals surface area contributed by atoms with Crippen LogP contribution in [0.25, 0.3) is 6.08 Å². The van der Waals surface area contributed by atoms with Crippen LogP contribution >= 0.6 is 23.2 Å². The van der Waals surface area contributed by atoms with E-state index in [9.17, 15) is 10.1 Å². The molecule has 0 fully saturated rings. The van der Waals surface area contributed by atoms with Crippen molar-refractivity contribution in [2.75, 3.05) is 12.4 Å². The van der Waals surface area contributed by atoms with Gasteiger partial charge in [-0.1, -0.05) is 71.7 Å². The van der Waals surface area contributed by atoms with Gasteiger partial charge in [0.2, 0.25) is 0 Å². The Balaban J connectivity index is 1.49. The van der Waals surface area contributed by atoms with Crippen molar-refractivity contribution in [1.82, 2.24) is 0 Å². The second-order valence-corrected chi connectivity index (χ2v) is 9.18. The standard InChI is InChI=1S/C31H24Cl2N2O4/c1-37-30-15-22(11-13-29(30)39-19-21-7-3-2-4-8-21)20-38-28-14-12-25(32)17-23(28)16-24(18-34)31(36)35-27-10-6-5-9-26(27)33/h2-17H,19-20H2,1H3,(H,35,36)/b24-16+. The molecule has 196 valence electrons. The van der Waals surface area contributed by atoms with Crippen LogP contribution in [0.15, 0.2) is 96.6 Å². The lowest BCUT2D eigenvalue weighted by molar-refractivity contribution is -0.112. The highest BCUT2D eigenvalue weighted by molar-refractivity contribution is 6.34. The number of rotatable bonds is 10. The van der Waals surface area contributed by atoms with Crippen molar-refractivity contribution in [3.05, 3.63) is 123 Å². The summed E-state index contributed by atoms with van der Waals surface area (Å²) >= 11 is 12.3. The molecular weight excluding hydrogens is 535 g/mol. The third-order valence-electron chi connectivity index (χ3n) is 5.62. The molecule has 0 bridgehead atoms. The number of nitriles is 1. The number of nitrogens with zero attached hydrogens (tertiary/aromatic N) is 1. The molecule has 0 unspecified atom stereocenters. The molecule has 0 aliphatic heterocycles. The topological polar surface area (TPSA) is 80.6 Å². The normalized spacial score (nSPS) is 10.9. The minimum Gasteiger partial charge on any atom is -0.493 e. The Morgan fingerprint density at radius 1 is 0.846 bits per heavy atom. The predicted octanol–water partition coefficient (Wildman–Crippen LogP) is 7.71. The Bertz CT molecular complexity index is 1530. The average molecular weight is 559 g/mol. The molecule has 0 aliphatic carbocycles. The Hall–Kier alpha value is -4.44. The average Bonchev–Trinajstić information content (AvgIpc) is 2.96. The lowest BCUT2D eigenvalue weighted by Gasteiger charge is -2.14. The van der Waals surface area contributed by atoms with E-state index in [4.69, 9.17) is 37.4 Å². The molecule has 0 aliphatic rings. The quantitative estimate of drug-likeness (QED) is 0.159. The van der Waals surface area contributed by atoms with Crippen molar-refractivity contribution in [2.24, 2.45) is 0 Å². The maximum atomic E-state index is 12.8. The number of benzene rings is 4. The Morgan fingerprint density at radius 2 is 1.54 bits per heavy atom. The maximum Gasteiger partial charge on any atom is 0.266 e. The van der Waals surface area contributed by atoms with E-state index < -0.39 is 5.91 Å². The summed E-state index contributed by atoms with van der Waals surface area (Å²) in [6.45, 7) is 0.615. The number of methoxy groups -OCH3 is 1. The predicted molar refractivity (Wildman–Crippen MR) is 153 cm³/mol. The molecule has 0 heterocycles. The van der Waals surface area contributed by atoms with Crippen molar-refractivity contribution in [3.63, 3.8) is 0 Å². The van der Waals surface area contributed by atoms with Gasteiger partial charge in [-0.3, -0.25) is 4.79 Å². The molecule has 0 atom stereocenters. The molecule has 39 heavy (non-hydrogen) atoms. The summed E-state index contributed by atoms with van der Waals surface area (Å²) in [7, 11) is 1.58. The molecule has 1 N–H and O–H groups in total. The number of amides is 1. The van der Waals surface area contributed by atoms with Crippen LogP contribution < -0.4 is 19.5 Å². The fourth-order valence-electron chi connectivity index (χ4n) is 3.64. The van der Waals surface area contributed by atoms with Crippen LogP contribution in [0.3, 0.4) is 0 Å². The summed E-state index contributed by atoms with van der Waals surface area (Å²) in [5.74, 6) is 1.03. The molecule has 4 rings (SSSR count). The van der Waals surface area contributed by atoms with Gasteiger partial charge in [0, 0.05) is 10.6 Å². The van der Waals surface area contributed by atoms with E-state index >= 15 is 0 Å². The molecule has 1 amide bonds. The van der Waals surface area contributed by atoms with Crippen molar-refractivity contribution < 1.29 is 19.0 Å². The minimum atomic E-state index is -0.604. The number of nitrogens with one attached hydrogen (secondary N) is 1. The molecule has 0 radical (unpaired) electrons. The zero-order valence-electron chi connectivity index (χ0n) is 21.0. The van der Waals surface area contributed by atoms with Gasteiger partial charge >= 0.3 is 0 Å². The summed E-state index contributed by atoms with van der Waals surface area (Å²) in [6, 6.07) is 29.1. The van der Waals surface area contributed by atoms with Crippen LogP contribution in [0.5, 0.6) is 17.2 Å². The lowest BCUT2D eigenvalue weighted by Crippen LogP contribution is -2.13. The van der Waals surface area contributed by atoms with Gasteiger partial charge in [0.05, 0.1) is 17.8 Å². The second-order valence-electron chi connectivity index (χ2n) is 8.33. The Labute approximate surface area is 237 Å². The molecule has 0 aromatic heterocycles. The molecule has 4 aromatic rings. The number of halogens is 2. The van der Waals surface area contributed by atoms with Crippen molar-refractivity contribution in [3.8, 4) is 23.3 Å². The summed E-state index contributed by atoms with van der Waals surface area (Å²) in [5, 5.41) is 13.1. The SMILES string of the molecule is COc1cc(COc2ccc(Cl)cc2/C=C(\C#N)C(=O)Nc2ccccc2Cl)ccc1OCc1ccccc1. The molecule has 4 aromatic carbocycles. The van der Waals surface area contributed by atoms with Gasteiger partial charge in [-0.25, -0.2) is 0 Å². The summed E-state index contributed by atoms with van der Waals surface area (Å²) < 4.78 is 17.5. The smallest absolute Gasteiger partial charge is 0.266 e. The number of ether oxygens (including phenoxy) is 3. The highest BCUT2D eigenvalue weighted by Gasteiger charge is 2.14. The number of carbonyl (C=O) groups is 1. The van der Waals surface area contributed by atoms with E-state index in [0.29, 0.717) is 45.2 Å². The van der Waals surface area contributed by atoms with E-state index in [1.165, 1.54) is 6.08 Å². The zero-order valence-corrected chi connectivity index (χ0v) is 22.5. The molecular formula is C31H24Cl2N2O4. The second kappa shape index (κ2) is 13.4. The summed E-state index contributed by atoms with van der Waals surface area (Å²) in [6.07, 6.45) is 1.43. The van der Waals surface area contributed by atoms with Gasteiger partial charge in [-0.05, 0) is 59.7 Å². The Morgan fingerprint density at radius 3 is 2.28 bits per heavy atom. The first-order valence-corrected chi connectivity index (χ1v) is 12.7. The van der Waals surface area contributed by atoms with Gasteiger partial charge in [-0.15, -0.1) is 0 Å². The molecule has 0 saturated carbocycles. The van der Waals surface area contributed by atoms with Gasteiger partial charge in [0.1, 0.15) is 30.6 Å². The first kappa shape index (κ1) is 27.6. The number of carbonyl (C=O) groups excluding carboxylic acids is 1. The van der Waals surface area contributed by atoms with Crippen LogP contribution in [0.4, 0.5) is 5.69 Å². The highest BCUT2D eigenvalue weighted by atomic mass is 35.5. The maximum absolute atomic E-state index is 12.8. The minimum absolute atomic E-state index is 0.136. The van der Waals surface area contributed by atoms with Crippen LogP contribution in [-0.2, 0) is 18.0 Å². The molecule has 0 saturated heterocycles. The first-order valence-electron chi connectivity index (χ1n) is 11.9. The number of hydrogen-bond acceptors (Lipinski definition) is 5. The lowest BCUT2D eigenvalue weighted by atomic mass is 10.1. The molecule has 0 spiro atoms. The van der Waals surface area contributed by atoms with Gasteiger partial charge < -0.3 is 19.5 Å². The van der Waals surface area contributed by atoms with Crippen molar-refractivity contribution in [2.45, 2.75) is 13.2 Å². The number of anilines is 1. The first-order chi connectivity index (χ1) is 19.0. The highest BCUT2D eigenvalue weighted by Crippen LogP contribution is 2.31. The van der Waals surface area contributed by atoms with Crippen molar-refractivity contribution >= 4 is 40.9 Å². The fourth-order valence-corrected chi connectivity index (χ4v) is 4.00. The zero-order chi connectivity index (χ0) is 27.6. The summed E-state index contributed by atoms with van der Waals surface area (Å²) in [5.41, 5.74) is 2.62. The van der Waals surface area contributed by atoms with E-state index in [0.717, 1.165) is 11.1 Å². The van der Waals surface area contributed by atoms with E-state index in [2.05, 4.69) is 5.32 Å². The largest absolute Gasteiger partial charge is 0.493 e. The molecule has 6 nitrogen and oxygen atoms in total. The van der Waals surface area contributed by atoms with Crippen LogP contribution in [0.2, 0.25) is 10.0 Å². The van der Waals surface area contributed by atoms with E-state index in [-0.39, 0.29) is 12.2 Å². The van der Waals surface area contributed by atoms with Crippen LogP contribution in [-0.4, -0.2) is 13.0 Å². The van der Waals surface area contributed by atoms with Crippen LogP contribution in [0.1, 0.15) is 16.7 Å². The van der Waals surface area contributed by atoms with E-state index in [1.807, 2.05) is 54.6 Å². The van der Waals surface area contributed by atoms with Crippen molar-refractivity contribution in [1.29, 1.82) is 5.26 Å². The molecule has 8 heteroatoms. The Kier molecular flexibility index (Phi) is 9.47. The van der Waals surface area contributed by atoms with Gasteiger partial charge in [0.25, 0.3) is 5.91 Å². The van der Waals surface area contributed by atoms with Gasteiger partial charge in [-0.2, -0.15) is 5.26 Å². The monoisotopic (exact) mass is 558 g/mol. The van der Waals surface area contributed by atoms with Crippen LogP contribution in [0, 0.1) is 11.3 Å².